The lowest BCUT2D eigenvalue weighted by atomic mass is 9.95. The Balaban J connectivity index is 2.33. The topological polar surface area (TPSA) is 68.0 Å². The molecule has 2 rings (SSSR count). The van der Waals surface area contributed by atoms with E-state index in [0.717, 1.165) is 10.2 Å². The van der Waals surface area contributed by atoms with Gasteiger partial charge in [-0.25, -0.2) is 4.98 Å². The van der Waals surface area contributed by atoms with Crippen LogP contribution in [0.25, 0.3) is 10.2 Å². The quantitative estimate of drug-likeness (QED) is 0.911. The fraction of sp³-hybridized carbons (Fsp3) is 0.385. The van der Waals surface area contributed by atoms with Crippen molar-refractivity contribution in [3.63, 3.8) is 0 Å². The monoisotopic (exact) mass is 297 g/mol. The van der Waals surface area contributed by atoms with E-state index in [1.54, 1.807) is 11.6 Å². The summed E-state index contributed by atoms with van der Waals surface area (Å²) < 4.78 is 0.994. The maximum absolute atomic E-state index is 12.2. The molecule has 0 bridgehead atoms. The SMILES string of the molecule is CC(C)C(CN)C(=O)Nc1c(Cl)ccc2scnc12. The minimum absolute atomic E-state index is 0.111. The van der Waals surface area contributed by atoms with Crippen LogP contribution in [-0.4, -0.2) is 17.4 Å². The number of anilines is 1. The van der Waals surface area contributed by atoms with Gasteiger partial charge in [0.25, 0.3) is 0 Å². The third-order valence-electron chi connectivity index (χ3n) is 3.10. The lowest BCUT2D eigenvalue weighted by Gasteiger charge is -2.18. The number of rotatable bonds is 4. The summed E-state index contributed by atoms with van der Waals surface area (Å²) in [6.45, 7) is 4.26. The van der Waals surface area contributed by atoms with E-state index < -0.39 is 0 Å². The molecule has 0 aliphatic heterocycles. The first kappa shape index (κ1) is 14.2. The van der Waals surface area contributed by atoms with Gasteiger partial charge in [0.15, 0.2) is 0 Å². The van der Waals surface area contributed by atoms with Gasteiger partial charge in [-0.15, -0.1) is 11.3 Å². The molecule has 0 saturated heterocycles. The van der Waals surface area contributed by atoms with E-state index in [2.05, 4.69) is 10.3 Å². The van der Waals surface area contributed by atoms with Crippen molar-refractivity contribution in [1.82, 2.24) is 4.98 Å². The van der Waals surface area contributed by atoms with Gasteiger partial charge in [0, 0.05) is 6.54 Å². The minimum Gasteiger partial charge on any atom is -0.330 e. The van der Waals surface area contributed by atoms with Crippen LogP contribution in [0, 0.1) is 11.8 Å². The number of nitrogens with two attached hydrogens (primary N) is 1. The second-order valence-corrected chi connectivity index (χ2v) is 5.99. The summed E-state index contributed by atoms with van der Waals surface area (Å²) >= 11 is 7.66. The van der Waals surface area contributed by atoms with Crippen LogP contribution in [0.4, 0.5) is 5.69 Å². The molecule has 19 heavy (non-hydrogen) atoms. The van der Waals surface area contributed by atoms with Gasteiger partial charge < -0.3 is 11.1 Å². The van der Waals surface area contributed by atoms with Gasteiger partial charge in [-0.1, -0.05) is 25.4 Å². The van der Waals surface area contributed by atoms with Gasteiger partial charge in [-0.3, -0.25) is 4.79 Å². The first-order valence-electron chi connectivity index (χ1n) is 6.07. The number of hydrogen-bond acceptors (Lipinski definition) is 4. The number of nitrogens with zero attached hydrogens (tertiary/aromatic N) is 1. The van der Waals surface area contributed by atoms with Crippen molar-refractivity contribution in [3.8, 4) is 0 Å². The Hall–Kier alpha value is -1.17. The molecule has 0 fully saturated rings. The van der Waals surface area contributed by atoms with Crippen LogP contribution in [-0.2, 0) is 4.79 Å². The summed E-state index contributed by atoms with van der Waals surface area (Å²) in [4.78, 5) is 16.5. The van der Waals surface area contributed by atoms with Gasteiger partial charge in [-0.05, 0) is 18.1 Å². The van der Waals surface area contributed by atoms with Gasteiger partial charge in [0.1, 0.15) is 5.52 Å². The van der Waals surface area contributed by atoms with Crippen molar-refractivity contribution in [2.75, 3.05) is 11.9 Å². The smallest absolute Gasteiger partial charge is 0.229 e. The van der Waals surface area contributed by atoms with Crippen LogP contribution in [0.1, 0.15) is 13.8 Å². The number of thiazole rings is 1. The molecule has 1 unspecified atom stereocenters. The molecular weight excluding hydrogens is 282 g/mol. The van der Waals surface area contributed by atoms with Crippen LogP contribution in [0.15, 0.2) is 17.6 Å². The highest BCUT2D eigenvalue weighted by Crippen LogP contribution is 2.32. The van der Waals surface area contributed by atoms with Crippen molar-refractivity contribution < 1.29 is 4.79 Å². The molecule has 6 heteroatoms. The Bertz CT molecular complexity index is 597. The summed E-state index contributed by atoms with van der Waals surface area (Å²) in [5.74, 6) is -0.164. The highest BCUT2D eigenvalue weighted by molar-refractivity contribution is 7.16. The van der Waals surface area contributed by atoms with E-state index in [0.29, 0.717) is 17.3 Å². The third-order valence-corrected chi connectivity index (χ3v) is 4.20. The number of hydrogen-bond donors (Lipinski definition) is 2. The number of amides is 1. The first-order valence-corrected chi connectivity index (χ1v) is 7.33. The summed E-state index contributed by atoms with van der Waals surface area (Å²) in [6.07, 6.45) is 0. The number of carbonyl (C=O) groups excluding carboxylic acids is 1. The number of carbonyl (C=O) groups is 1. The highest BCUT2D eigenvalue weighted by Gasteiger charge is 2.22. The van der Waals surface area contributed by atoms with Crippen molar-refractivity contribution >= 4 is 44.7 Å². The molecule has 3 N–H and O–H groups in total. The molecule has 1 aromatic heterocycles. The highest BCUT2D eigenvalue weighted by atomic mass is 35.5. The summed E-state index contributed by atoms with van der Waals surface area (Å²) in [7, 11) is 0. The molecular formula is C13H16ClN3OS. The van der Waals surface area contributed by atoms with E-state index in [-0.39, 0.29) is 17.7 Å². The van der Waals surface area contributed by atoms with Crippen molar-refractivity contribution in [1.29, 1.82) is 0 Å². The summed E-state index contributed by atoms with van der Waals surface area (Å²) in [5, 5.41) is 3.36. The molecule has 102 valence electrons. The van der Waals surface area contributed by atoms with Gasteiger partial charge >= 0.3 is 0 Å². The predicted octanol–water partition coefficient (Wildman–Crippen LogP) is 3.12. The molecule has 0 radical (unpaired) electrons. The lowest BCUT2D eigenvalue weighted by molar-refractivity contribution is -0.120. The maximum Gasteiger partial charge on any atom is 0.229 e. The molecule has 0 saturated carbocycles. The molecule has 4 nitrogen and oxygen atoms in total. The maximum atomic E-state index is 12.2. The van der Waals surface area contributed by atoms with Crippen LogP contribution in [0.2, 0.25) is 5.02 Å². The Labute approximate surface area is 121 Å². The first-order chi connectivity index (χ1) is 9.04. The number of aromatic nitrogens is 1. The average molecular weight is 298 g/mol. The van der Waals surface area contributed by atoms with E-state index in [9.17, 15) is 4.79 Å². The van der Waals surface area contributed by atoms with Crippen molar-refractivity contribution in [3.05, 3.63) is 22.7 Å². The number of benzene rings is 1. The van der Waals surface area contributed by atoms with E-state index >= 15 is 0 Å². The third kappa shape index (κ3) is 2.88. The zero-order valence-corrected chi connectivity index (χ0v) is 12.4. The largest absolute Gasteiger partial charge is 0.330 e. The number of fused-ring (bicyclic) bond motifs is 1. The van der Waals surface area contributed by atoms with Gasteiger partial charge in [0.2, 0.25) is 5.91 Å². The molecule has 0 aliphatic rings. The fourth-order valence-electron chi connectivity index (χ4n) is 1.92. The number of halogens is 1. The standard InChI is InChI=1S/C13H16ClN3OS/c1-7(2)8(5-15)13(18)17-11-9(14)3-4-10-12(11)16-6-19-10/h3-4,6-8H,5,15H2,1-2H3,(H,17,18). The van der Waals surface area contributed by atoms with Gasteiger partial charge in [-0.2, -0.15) is 0 Å². The summed E-state index contributed by atoms with van der Waals surface area (Å²) in [5.41, 5.74) is 8.69. The van der Waals surface area contributed by atoms with Crippen molar-refractivity contribution in [2.24, 2.45) is 17.6 Å². The van der Waals surface area contributed by atoms with E-state index in [1.165, 1.54) is 11.3 Å². The zero-order valence-electron chi connectivity index (χ0n) is 10.8. The predicted molar refractivity (Wildman–Crippen MR) is 80.6 cm³/mol. The zero-order chi connectivity index (χ0) is 14.0. The van der Waals surface area contributed by atoms with Gasteiger partial charge in [0.05, 0.1) is 26.8 Å². The molecule has 0 spiro atoms. The van der Waals surface area contributed by atoms with E-state index in [4.69, 9.17) is 17.3 Å². The number of nitrogens with one attached hydrogen (secondary N) is 1. The van der Waals surface area contributed by atoms with Crippen LogP contribution < -0.4 is 11.1 Å². The second kappa shape index (κ2) is 5.86. The fourth-order valence-corrected chi connectivity index (χ4v) is 2.81. The van der Waals surface area contributed by atoms with Crippen LogP contribution in [0.5, 0.6) is 0 Å². The van der Waals surface area contributed by atoms with Crippen LogP contribution in [0.3, 0.4) is 0 Å². The van der Waals surface area contributed by atoms with Crippen molar-refractivity contribution in [2.45, 2.75) is 13.8 Å². The molecule has 2 aromatic rings. The van der Waals surface area contributed by atoms with Crippen LogP contribution >= 0.6 is 22.9 Å². The Morgan fingerprint density at radius 3 is 2.89 bits per heavy atom. The Kier molecular flexibility index (Phi) is 4.39. The minimum atomic E-state index is -0.232. The summed E-state index contributed by atoms with van der Waals surface area (Å²) in [6, 6.07) is 3.67. The molecule has 1 amide bonds. The lowest BCUT2D eigenvalue weighted by Crippen LogP contribution is -2.33. The van der Waals surface area contributed by atoms with E-state index in [1.807, 2.05) is 19.9 Å². The Morgan fingerprint density at radius 1 is 1.53 bits per heavy atom. The molecule has 1 atom stereocenters. The second-order valence-electron chi connectivity index (χ2n) is 4.70. The molecule has 1 aromatic carbocycles. The normalized spacial score (nSPS) is 12.9. The molecule has 0 aliphatic carbocycles. The molecule has 1 heterocycles. The average Bonchev–Trinajstić information content (AvgIpc) is 2.81. The Morgan fingerprint density at radius 2 is 2.26 bits per heavy atom.